The molecule has 1 heterocycles. The SMILES string of the molecule is COC(=O)c1nc(C(=O)NCC(C)(C)O)sc1-c1ccc(C(C)(C(F)(F)F)C(F)(F)F)c(Cl)c1Cl. The van der Waals surface area contributed by atoms with Gasteiger partial charge in [-0.2, -0.15) is 26.3 Å². The number of methoxy groups -OCH3 is 1. The number of rotatable bonds is 6. The molecule has 2 rings (SSSR count). The van der Waals surface area contributed by atoms with Crippen molar-refractivity contribution in [1.29, 1.82) is 0 Å². The standard InChI is InChI=1S/C20H18Cl2F6N2O4S/c1-17(2,33)7-29-14(31)15-30-12(16(32)34-4)13(35-15)8-5-6-9(11(22)10(8)21)18(3,19(23,24)25)20(26,27)28/h5-6,33H,7H2,1-4H3,(H,29,31). The first-order valence-corrected chi connectivity index (χ1v) is 11.1. The lowest BCUT2D eigenvalue weighted by molar-refractivity contribution is -0.297. The molecule has 0 saturated heterocycles. The number of aliphatic hydroxyl groups is 1. The molecule has 0 spiro atoms. The van der Waals surface area contributed by atoms with E-state index in [1.807, 2.05) is 0 Å². The topological polar surface area (TPSA) is 88.5 Å². The van der Waals surface area contributed by atoms with Gasteiger partial charge in [0.1, 0.15) is 0 Å². The molecule has 0 saturated carbocycles. The van der Waals surface area contributed by atoms with E-state index < -0.39 is 56.5 Å². The van der Waals surface area contributed by atoms with Gasteiger partial charge in [0.05, 0.1) is 27.6 Å². The van der Waals surface area contributed by atoms with Crippen molar-refractivity contribution in [3.05, 3.63) is 38.4 Å². The van der Waals surface area contributed by atoms with Gasteiger partial charge in [0, 0.05) is 12.1 Å². The predicted molar refractivity (Wildman–Crippen MR) is 117 cm³/mol. The molecule has 1 amide bonds. The number of carbonyl (C=O) groups is 2. The van der Waals surface area contributed by atoms with E-state index in [1.54, 1.807) is 0 Å². The Hall–Kier alpha value is -2.09. The second-order valence-electron chi connectivity index (χ2n) is 8.09. The highest BCUT2D eigenvalue weighted by atomic mass is 35.5. The van der Waals surface area contributed by atoms with E-state index in [1.165, 1.54) is 13.8 Å². The molecule has 2 aromatic rings. The lowest BCUT2D eigenvalue weighted by Gasteiger charge is -2.35. The van der Waals surface area contributed by atoms with E-state index >= 15 is 0 Å². The van der Waals surface area contributed by atoms with Gasteiger partial charge >= 0.3 is 18.3 Å². The normalized spacial score (nSPS) is 13.1. The summed E-state index contributed by atoms with van der Waals surface area (Å²) >= 11 is 12.6. The van der Waals surface area contributed by atoms with Crippen LogP contribution >= 0.6 is 34.5 Å². The van der Waals surface area contributed by atoms with Crippen molar-refractivity contribution >= 4 is 46.4 Å². The summed E-state index contributed by atoms with van der Waals surface area (Å²) in [7, 11) is 0.995. The highest BCUT2D eigenvalue weighted by molar-refractivity contribution is 7.17. The zero-order valence-corrected chi connectivity index (χ0v) is 20.7. The Bertz CT molecular complexity index is 1130. The molecule has 0 aliphatic carbocycles. The van der Waals surface area contributed by atoms with Gasteiger partial charge in [0.25, 0.3) is 5.91 Å². The maximum absolute atomic E-state index is 13.5. The van der Waals surface area contributed by atoms with Crippen LogP contribution in [-0.2, 0) is 10.2 Å². The highest BCUT2D eigenvalue weighted by Gasteiger charge is 2.69. The predicted octanol–water partition coefficient (Wildman–Crippen LogP) is 5.79. The van der Waals surface area contributed by atoms with E-state index in [2.05, 4.69) is 15.0 Å². The van der Waals surface area contributed by atoms with Crippen LogP contribution in [0.3, 0.4) is 0 Å². The van der Waals surface area contributed by atoms with Gasteiger partial charge in [-0.15, -0.1) is 11.3 Å². The first-order chi connectivity index (χ1) is 15.8. The molecule has 0 bridgehead atoms. The van der Waals surface area contributed by atoms with Crippen molar-refractivity contribution in [3.8, 4) is 10.4 Å². The summed E-state index contributed by atoms with van der Waals surface area (Å²) < 4.78 is 85.8. The smallest absolute Gasteiger partial charge is 0.406 e. The number of carbonyl (C=O) groups excluding carboxylic acids is 2. The van der Waals surface area contributed by atoms with Crippen LogP contribution in [0.5, 0.6) is 0 Å². The number of halogens is 8. The molecule has 0 atom stereocenters. The molecule has 0 unspecified atom stereocenters. The summed E-state index contributed by atoms with van der Waals surface area (Å²) in [4.78, 5) is 28.3. The van der Waals surface area contributed by atoms with Crippen LogP contribution in [0, 0.1) is 0 Å². The number of benzene rings is 1. The molecule has 0 aliphatic rings. The molecule has 0 radical (unpaired) electrons. The molecule has 6 nitrogen and oxygen atoms in total. The minimum Gasteiger partial charge on any atom is -0.464 e. The van der Waals surface area contributed by atoms with Gasteiger partial charge in [0.2, 0.25) is 0 Å². The van der Waals surface area contributed by atoms with Crippen molar-refractivity contribution in [3.63, 3.8) is 0 Å². The second-order valence-corrected chi connectivity index (χ2v) is 9.85. The van der Waals surface area contributed by atoms with Crippen molar-refractivity contribution in [1.82, 2.24) is 10.3 Å². The minimum absolute atomic E-state index is 0.0676. The van der Waals surface area contributed by atoms with Gasteiger partial charge < -0.3 is 15.2 Å². The van der Waals surface area contributed by atoms with Gasteiger partial charge in [-0.1, -0.05) is 35.3 Å². The van der Waals surface area contributed by atoms with E-state index in [-0.39, 0.29) is 28.9 Å². The van der Waals surface area contributed by atoms with Crippen LogP contribution < -0.4 is 5.32 Å². The average molecular weight is 567 g/mol. The summed E-state index contributed by atoms with van der Waals surface area (Å²) in [5.41, 5.74) is -7.69. The van der Waals surface area contributed by atoms with Gasteiger partial charge in [-0.05, 0) is 26.3 Å². The molecule has 35 heavy (non-hydrogen) atoms. The average Bonchev–Trinajstić information content (AvgIpc) is 3.15. The molecule has 2 N–H and O–H groups in total. The van der Waals surface area contributed by atoms with Crippen LogP contribution in [-0.4, -0.2) is 53.6 Å². The lowest BCUT2D eigenvalue weighted by atomic mass is 9.80. The quantitative estimate of drug-likeness (QED) is 0.341. The number of amides is 1. The zero-order valence-electron chi connectivity index (χ0n) is 18.4. The molecule has 0 fully saturated rings. The Morgan fingerprint density at radius 2 is 1.60 bits per heavy atom. The molecule has 1 aromatic carbocycles. The number of alkyl halides is 6. The summed E-state index contributed by atoms with van der Waals surface area (Å²) in [6.07, 6.45) is -11.5. The fourth-order valence-corrected chi connectivity index (χ4v) is 4.45. The van der Waals surface area contributed by atoms with E-state index in [0.29, 0.717) is 17.4 Å². The number of aromatic nitrogens is 1. The molecule has 0 aliphatic heterocycles. The number of thiazole rings is 1. The number of esters is 1. The number of nitrogens with zero attached hydrogens (tertiary/aromatic N) is 1. The van der Waals surface area contributed by atoms with Crippen molar-refractivity contribution in [2.24, 2.45) is 0 Å². The Morgan fingerprint density at radius 1 is 1.06 bits per heavy atom. The first-order valence-electron chi connectivity index (χ1n) is 9.48. The molecular weight excluding hydrogens is 549 g/mol. The highest BCUT2D eigenvalue weighted by Crippen LogP contribution is 2.55. The number of nitrogens with one attached hydrogen (secondary N) is 1. The minimum atomic E-state index is -5.77. The van der Waals surface area contributed by atoms with Gasteiger partial charge in [-0.25, -0.2) is 9.78 Å². The van der Waals surface area contributed by atoms with Gasteiger partial charge in [0.15, 0.2) is 16.1 Å². The third-order valence-corrected chi connectivity index (χ3v) is 6.85. The van der Waals surface area contributed by atoms with Crippen molar-refractivity contribution in [2.45, 2.75) is 44.1 Å². The summed E-state index contributed by atoms with van der Waals surface area (Å²) in [5, 5.41) is 10.1. The van der Waals surface area contributed by atoms with Gasteiger partial charge in [-0.3, -0.25) is 4.79 Å². The Kier molecular flexibility index (Phi) is 8.12. The third-order valence-electron chi connectivity index (χ3n) is 4.88. The van der Waals surface area contributed by atoms with Crippen molar-refractivity contribution in [2.75, 3.05) is 13.7 Å². The largest absolute Gasteiger partial charge is 0.464 e. The first kappa shape index (κ1) is 29.1. The van der Waals surface area contributed by atoms with Crippen LogP contribution in [0.4, 0.5) is 26.3 Å². The fourth-order valence-electron chi connectivity index (χ4n) is 2.78. The number of hydrogen-bond acceptors (Lipinski definition) is 6. The Balaban J connectivity index is 2.69. The molecule has 1 aromatic heterocycles. The monoisotopic (exact) mass is 566 g/mol. The third kappa shape index (κ3) is 5.68. The van der Waals surface area contributed by atoms with Crippen LogP contribution in [0.15, 0.2) is 12.1 Å². The van der Waals surface area contributed by atoms with E-state index in [4.69, 9.17) is 23.2 Å². The number of hydrogen-bond donors (Lipinski definition) is 2. The molecule has 194 valence electrons. The lowest BCUT2D eigenvalue weighted by Crippen LogP contribution is -2.51. The van der Waals surface area contributed by atoms with E-state index in [9.17, 15) is 41.0 Å². The van der Waals surface area contributed by atoms with Crippen LogP contribution in [0.2, 0.25) is 10.0 Å². The summed E-state index contributed by atoms with van der Waals surface area (Å²) in [6.45, 7) is 2.57. The maximum Gasteiger partial charge on any atom is 0.406 e. The van der Waals surface area contributed by atoms with Crippen LogP contribution in [0.1, 0.15) is 46.6 Å². The number of ether oxygens (including phenoxy) is 1. The molecule has 15 heteroatoms. The summed E-state index contributed by atoms with van der Waals surface area (Å²) in [5.74, 6) is -1.86. The Labute approximate surface area is 209 Å². The maximum atomic E-state index is 13.5. The fraction of sp³-hybridized carbons (Fsp3) is 0.450. The van der Waals surface area contributed by atoms with E-state index in [0.717, 1.165) is 13.2 Å². The summed E-state index contributed by atoms with van der Waals surface area (Å²) in [6, 6.07) is 1.32. The Morgan fingerprint density at radius 3 is 2.06 bits per heavy atom. The zero-order chi connectivity index (χ0) is 27.1. The second kappa shape index (κ2) is 9.75. The van der Waals surface area contributed by atoms with Crippen LogP contribution in [0.25, 0.3) is 10.4 Å². The van der Waals surface area contributed by atoms with Crippen molar-refractivity contribution < 1.29 is 45.8 Å². The molecular formula is C20H18Cl2F6N2O4S.